The number of benzene rings is 3. The highest BCUT2D eigenvalue weighted by Crippen LogP contribution is 2.31. The molecule has 0 spiro atoms. The lowest BCUT2D eigenvalue weighted by Crippen LogP contribution is -2.06. The van der Waals surface area contributed by atoms with Crippen LogP contribution in [-0.2, 0) is 6.61 Å². The normalized spacial score (nSPS) is 10.3. The second kappa shape index (κ2) is 8.14. The summed E-state index contributed by atoms with van der Waals surface area (Å²) >= 11 is 0. The van der Waals surface area contributed by atoms with Gasteiger partial charge in [0.15, 0.2) is 17.3 Å². The van der Waals surface area contributed by atoms with Crippen molar-refractivity contribution in [3.05, 3.63) is 99.6 Å². The van der Waals surface area contributed by atoms with Gasteiger partial charge in [-0.3, -0.25) is 14.9 Å². The Bertz CT molecular complexity index is 969. The molecular weight excluding hydrogens is 346 g/mol. The van der Waals surface area contributed by atoms with Gasteiger partial charge < -0.3 is 9.47 Å². The standard InChI is InChI=1S/C21H17NO5/c1-26-20-13-16(21(23)17-9-5-6-10-18(17)22(24)25)11-12-19(20)27-14-15-7-3-2-4-8-15/h2-13H,14H2,1H3. The second-order valence-corrected chi connectivity index (χ2v) is 5.74. The smallest absolute Gasteiger partial charge is 0.280 e. The Balaban J connectivity index is 1.86. The van der Waals surface area contributed by atoms with Gasteiger partial charge in [-0.2, -0.15) is 0 Å². The SMILES string of the molecule is COc1cc(C(=O)c2ccccc2[N+](=O)[O-])ccc1OCc1ccccc1. The summed E-state index contributed by atoms with van der Waals surface area (Å²) in [6.07, 6.45) is 0. The highest BCUT2D eigenvalue weighted by molar-refractivity contribution is 6.11. The number of para-hydroxylation sites is 1. The number of carbonyl (C=O) groups is 1. The molecular formula is C21H17NO5. The van der Waals surface area contributed by atoms with E-state index in [4.69, 9.17) is 9.47 Å². The minimum absolute atomic E-state index is 0.0301. The molecule has 0 saturated carbocycles. The fourth-order valence-corrected chi connectivity index (χ4v) is 2.64. The minimum Gasteiger partial charge on any atom is -0.493 e. The van der Waals surface area contributed by atoms with Gasteiger partial charge >= 0.3 is 0 Å². The van der Waals surface area contributed by atoms with Crippen LogP contribution in [0.15, 0.2) is 72.8 Å². The summed E-state index contributed by atoms with van der Waals surface area (Å²) in [5.74, 6) is 0.422. The van der Waals surface area contributed by atoms with Gasteiger partial charge in [-0.1, -0.05) is 42.5 Å². The van der Waals surface area contributed by atoms with Crippen molar-refractivity contribution in [2.75, 3.05) is 7.11 Å². The van der Waals surface area contributed by atoms with Crippen molar-refractivity contribution in [3.8, 4) is 11.5 Å². The van der Waals surface area contributed by atoms with Crippen molar-refractivity contribution in [2.24, 2.45) is 0 Å². The maximum absolute atomic E-state index is 12.7. The topological polar surface area (TPSA) is 78.7 Å². The first-order chi connectivity index (χ1) is 13.1. The summed E-state index contributed by atoms with van der Waals surface area (Å²) in [5.41, 5.74) is 1.08. The Morgan fingerprint density at radius 3 is 2.37 bits per heavy atom. The predicted molar refractivity (Wildman–Crippen MR) is 100 cm³/mol. The summed E-state index contributed by atoms with van der Waals surface area (Å²) in [7, 11) is 1.48. The molecule has 0 atom stereocenters. The van der Waals surface area contributed by atoms with E-state index in [9.17, 15) is 14.9 Å². The van der Waals surface area contributed by atoms with Crippen molar-refractivity contribution in [1.82, 2.24) is 0 Å². The van der Waals surface area contributed by atoms with Crippen LogP contribution in [0.2, 0.25) is 0 Å². The molecule has 0 unspecified atom stereocenters. The number of ether oxygens (including phenoxy) is 2. The van der Waals surface area contributed by atoms with E-state index in [2.05, 4.69) is 0 Å². The van der Waals surface area contributed by atoms with Crippen LogP contribution in [0, 0.1) is 10.1 Å². The number of carbonyl (C=O) groups excluding carboxylic acids is 1. The zero-order valence-electron chi connectivity index (χ0n) is 14.6. The molecule has 0 aliphatic carbocycles. The van der Waals surface area contributed by atoms with Gasteiger partial charge in [0.25, 0.3) is 5.69 Å². The Labute approximate surface area is 156 Å². The molecule has 0 aliphatic heterocycles. The molecule has 3 rings (SSSR count). The van der Waals surface area contributed by atoms with Crippen molar-refractivity contribution in [2.45, 2.75) is 6.61 Å². The minimum atomic E-state index is -0.568. The first-order valence-corrected chi connectivity index (χ1v) is 8.23. The third-order valence-corrected chi connectivity index (χ3v) is 4.01. The summed E-state index contributed by atoms with van der Waals surface area (Å²) in [6, 6.07) is 20.2. The van der Waals surface area contributed by atoms with Crippen LogP contribution in [0.3, 0.4) is 0 Å². The van der Waals surface area contributed by atoms with Gasteiger partial charge in [0.2, 0.25) is 0 Å². The van der Waals surface area contributed by atoms with Crippen LogP contribution in [0.4, 0.5) is 5.69 Å². The largest absolute Gasteiger partial charge is 0.493 e. The quantitative estimate of drug-likeness (QED) is 0.353. The molecule has 0 aliphatic rings. The van der Waals surface area contributed by atoms with E-state index in [-0.39, 0.29) is 16.8 Å². The zero-order valence-corrected chi connectivity index (χ0v) is 14.6. The van der Waals surface area contributed by atoms with Crippen molar-refractivity contribution in [3.63, 3.8) is 0 Å². The van der Waals surface area contributed by atoms with Crippen LogP contribution < -0.4 is 9.47 Å². The van der Waals surface area contributed by atoms with Crippen molar-refractivity contribution < 1.29 is 19.2 Å². The van der Waals surface area contributed by atoms with Gasteiger partial charge in [-0.25, -0.2) is 0 Å². The Kier molecular flexibility index (Phi) is 5.47. The van der Waals surface area contributed by atoms with E-state index < -0.39 is 10.7 Å². The van der Waals surface area contributed by atoms with Gasteiger partial charge in [0, 0.05) is 11.6 Å². The molecule has 3 aromatic rings. The predicted octanol–water partition coefficient (Wildman–Crippen LogP) is 4.41. The van der Waals surface area contributed by atoms with Crippen LogP contribution >= 0.6 is 0 Å². The molecule has 3 aromatic carbocycles. The summed E-state index contributed by atoms with van der Waals surface area (Å²) < 4.78 is 11.1. The number of nitro benzene ring substituents is 1. The Morgan fingerprint density at radius 2 is 1.67 bits per heavy atom. The third-order valence-electron chi connectivity index (χ3n) is 4.01. The first-order valence-electron chi connectivity index (χ1n) is 8.23. The maximum Gasteiger partial charge on any atom is 0.280 e. The zero-order chi connectivity index (χ0) is 19.2. The van der Waals surface area contributed by atoms with E-state index in [1.165, 1.54) is 31.4 Å². The highest BCUT2D eigenvalue weighted by atomic mass is 16.6. The molecule has 0 fully saturated rings. The monoisotopic (exact) mass is 363 g/mol. The van der Waals surface area contributed by atoms with Gasteiger partial charge in [-0.05, 0) is 29.8 Å². The lowest BCUT2D eigenvalue weighted by molar-refractivity contribution is -0.385. The molecule has 0 saturated heterocycles. The lowest BCUT2D eigenvalue weighted by atomic mass is 10.0. The van der Waals surface area contributed by atoms with E-state index >= 15 is 0 Å². The lowest BCUT2D eigenvalue weighted by Gasteiger charge is -2.12. The van der Waals surface area contributed by atoms with Crippen LogP contribution in [-0.4, -0.2) is 17.8 Å². The molecule has 27 heavy (non-hydrogen) atoms. The van der Waals surface area contributed by atoms with Gasteiger partial charge in [0.1, 0.15) is 12.2 Å². The molecule has 0 radical (unpaired) electrons. The number of methoxy groups -OCH3 is 1. The van der Waals surface area contributed by atoms with Crippen LogP contribution in [0.25, 0.3) is 0 Å². The number of hydrogen-bond acceptors (Lipinski definition) is 5. The number of nitrogens with zero attached hydrogens (tertiary/aromatic N) is 1. The van der Waals surface area contributed by atoms with Gasteiger partial charge in [-0.15, -0.1) is 0 Å². The van der Waals surface area contributed by atoms with Crippen LogP contribution in [0.1, 0.15) is 21.5 Å². The molecule has 0 amide bonds. The highest BCUT2D eigenvalue weighted by Gasteiger charge is 2.21. The number of hydrogen-bond donors (Lipinski definition) is 0. The molecule has 0 bridgehead atoms. The summed E-state index contributed by atoms with van der Waals surface area (Å²) in [4.78, 5) is 23.3. The number of rotatable bonds is 7. The number of ketones is 1. The van der Waals surface area contributed by atoms with Crippen molar-refractivity contribution in [1.29, 1.82) is 0 Å². The van der Waals surface area contributed by atoms with E-state index in [1.807, 2.05) is 30.3 Å². The average Bonchev–Trinajstić information content (AvgIpc) is 2.72. The molecule has 0 aromatic heterocycles. The first kappa shape index (κ1) is 18.1. The Morgan fingerprint density at radius 1 is 0.963 bits per heavy atom. The summed E-state index contributed by atoms with van der Waals surface area (Å²) in [5, 5.41) is 11.2. The van der Waals surface area contributed by atoms with Crippen LogP contribution in [0.5, 0.6) is 11.5 Å². The fraction of sp³-hybridized carbons (Fsp3) is 0.0952. The van der Waals surface area contributed by atoms with E-state index in [0.717, 1.165) is 5.56 Å². The van der Waals surface area contributed by atoms with E-state index in [1.54, 1.807) is 18.2 Å². The molecule has 6 heteroatoms. The van der Waals surface area contributed by atoms with Gasteiger partial charge in [0.05, 0.1) is 12.0 Å². The fourth-order valence-electron chi connectivity index (χ4n) is 2.64. The molecule has 6 nitrogen and oxygen atoms in total. The number of nitro groups is 1. The van der Waals surface area contributed by atoms with E-state index in [0.29, 0.717) is 18.1 Å². The molecule has 0 N–H and O–H groups in total. The molecule has 0 heterocycles. The average molecular weight is 363 g/mol. The molecule has 136 valence electrons. The maximum atomic E-state index is 12.7. The second-order valence-electron chi connectivity index (χ2n) is 5.74. The Hall–Kier alpha value is -3.67. The van der Waals surface area contributed by atoms with Crippen molar-refractivity contribution >= 4 is 11.5 Å². The summed E-state index contributed by atoms with van der Waals surface area (Å²) in [6.45, 7) is 0.356. The third kappa shape index (κ3) is 4.12.